The molecule has 0 radical (unpaired) electrons. The third-order valence-electron chi connectivity index (χ3n) is 6.94. The van der Waals surface area contributed by atoms with Gasteiger partial charge in [0.2, 0.25) is 0 Å². The Bertz CT molecular complexity index is 1590. The number of piperidine rings is 1. The van der Waals surface area contributed by atoms with Gasteiger partial charge in [-0.3, -0.25) is 14.6 Å². The lowest BCUT2D eigenvalue weighted by molar-refractivity contribution is 0.221. The minimum Gasteiger partial charge on any atom is -0.359 e. The number of imidazole rings is 1. The van der Waals surface area contributed by atoms with Crippen molar-refractivity contribution < 1.29 is 9.32 Å². The molecule has 6 rings (SSSR count). The van der Waals surface area contributed by atoms with E-state index in [0.29, 0.717) is 17.3 Å². The van der Waals surface area contributed by atoms with Crippen molar-refractivity contribution in [3.8, 4) is 11.3 Å². The van der Waals surface area contributed by atoms with Gasteiger partial charge < -0.3 is 9.84 Å². The van der Waals surface area contributed by atoms with Crippen molar-refractivity contribution in [1.82, 2.24) is 19.4 Å². The van der Waals surface area contributed by atoms with Gasteiger partial charge in [-0.05, 0) is 55.8 Å². The van der Waals surface area contributed by atoms with E-state index in [-0.39, 0.29) is 23.9 Å². The zero-order valence-electron chi connectivity index (χ0n) is 22.4. The second kappa shape index (κ2) is 11.0. The number of fused-ring (bicyclic) bond motifs is 3. The first-order valence-electron chi connectivity index (χ1n) is 13.1. The molecule has 0 spiro atoms. The van der Waals surface area contributed by atoms with E-state index in [2.05, 4.69) is 49.5 Å². The van der Waals surface area contributed by atoms with Gasteiger partial charge in [-0.25, -0.2) is 9.78 Å². The number of thiazole rings is 1. The molecule has 0 unspecified atom stereocenters. The molecule has 1 aliphatic heterocycles. The highest BCUT2D eigenvalue weighted by Crippen LogP contribution is 2.31. The number of hydrogen-bond donors (Lipinski definition) is 2. The first-order chi connectivity index (χ1) is 18.3. The Morgan fingerprint density at radius 2 is 1.79 bits per heavy atom. The maximum Gasteiger partial charge on any atom is 0.324 e. The average molecular weight is 565 g/mol. The van der Waals surface area contributed by atoms with Crippen LogP contribution in [0.3, 0.4) is 0 Å². The molecule has 1 aliphatic rings. The van der Waals surface area contributed by atoms with E-state index >= 15 is 0 Å². The SMILES string of the molecule is CC(C)(C)c1cc(NC(=O)Nc2ccc(-c3cn4c(n3)sc3cc(CN5CCCCC5)ccc34)cc2)no1.Cl. The molecule has 1 fully saturated rings. The number of likely N-dealkylation sites (tertiary alicyclic amines) is 1. The molecule has 0 atom stereocenters. The predicted octanol–water partition coefficient (Wildman–Crippen LogP) is 7.55. The molecule has 39 heavy (non-hydrogen) atoms. The van der Waals surface area contributed by atoms with Crippen molar-refractivity contribution in [3.05, 3.63) is 66.1 Å². The monoisotopic (exact) mass is 564 g/mol. The van der Waals surface area contributed by atoms with Crippen molar-refractivity contribution in [3.63, 3.8) is 0 Å². The van der Waals surface area contributed by atoms with Crippen molar-refractivity contribution in [2.45, 2.75) is 52.0 Å². The molecule has 2 amide bonds. The van der Waals surface area contributed by atoms with Crippen LogP contribution in [0.5, 0.6) is 0 Å². The Labute approximate surface area is 237 Å². The molecule has 0 aliphatic carbocycles. The molecule has 4 heterocycles. The summed E-state index contributed by atoms with van der Waals surface area (Å²) in [5, 5.41) is 9.48. The maximum atomic E-state index is 12.4. The van der Waals surface area contributed by atoms with Crippen LogP contribution in [0.1, 0.15) is 51.4 Å². The molecule has 204 valence electrons. The smallest absolute Gasteiger partial charge is 0.324 e. The van der Waals surface area contributed by atoms with Crippen LogP contribution < -0.4 is 10.6 Å². The van der Waals surface area contributed by atoms with Gasteiger partial charge in [0.05, 0.1) is 15.9 Å². The van der Waals surface area contributed by atoms with E-state index in [4.69, 9.17) is 9.51 Å². The summed E-state index contributed by atoms with van der Waals surface area (Å²) in [6.07, 6.45) is 6.06. The Morgan fingerprint density at radius 3 is 2.51 bits per heavy atom. The number of nitrogens with one attached hydrogen (secondary N) is 2. The van der Waals surface area contributed by atoms with Gasteiger partial charge in [0, 0.05) is 35.5 Å². The predicted molar refractivity (Wildman–Crippen MR) is 160 cm³/mol. The minimum atomic E-state index is -0.375. The zero-order chi connectivity index (χ0) is 26.3. The fourth-order valence-electron chi connectivity index (χ4n) is 4.85. The fraction of sp³-hybridized carbons (Fsp3) is 0.345. The second-order valence-corrected chi connectivity index (χ2v) is 12.0. The summed E-state index contributed by atoms with van der Waals surface area (Å²) in [6, 6.07) is 15.8. The normalized spacial score (nSPS) is 14.4. The van der Waals surface area contributed by atoms with Gasteiger partial charge in [-0.15, -0.1) is 12.4 Å². The van der Waals surface area contributed by atoms with Crippen molar-refractivity contribution >= 4 is 56.5 Å². The van der Waals surface area contributed by atoms with Gasteiger partial charge in [0.15, 0.2) is 10.8 Å². The lowest BCUT2D eigenvalue weighted by atomic mass is 9.93. The lowest BCUT2D eigenvalue weighted by Crippen LogP contribution is -2.28. The van der Waals surface area contributed by atoms with Gasteiger partial charge in [0.25, 0.3) is 0 Å². The topological polar surface area (TPSA) is 87.7 Å². The van der Waals surface area contributed by atoms with E-state index in [1.54, 1.807) is 17.4 Å². The number of benzene rings is 2. The Kier molecular flexibility index (Phi) is 7.66. The standard InChI is InChI=1S/C29H32N6O2S.ClH/c1-29(2,3)25-16-26(33-37-25)32-27(36)30-21-10-8-20(9-11-21)22-18-35-23-12-7-19(15-24(23)38-28(35)31-22)17-34-13-5-4-6-14-34;/h7-12,15-16,18H,4-6,13-14,17H2,1-3H3,(H2,30,32,33,36);1H. The van der Waals surface area contributed by atoms with Crippen molar-refractivity contribution in [2.24, 2.45) is 0 Å². The van der Waals surface area contributed by atoms with Gasteiger partial charge in [0.1, 0.15) is 5.76 Å². The van der Waals surface area contributed by atoms with E-state index in [1.165, 1.54) is 48.1 Å². The molecule has 0 bridgehead atoms. The molecule has 10 heteroatoms. The van der Waals surface area contributed by atoms with Crippen LogP contribution in [0.2, 0.25) is 0 Å². The van der Waals surface area contributed by atoms with Crippen molar-refractivity contribution in [1.29, 1.82) is 0 Å². The quantitative estimate of drug-likeness (QED) is 0.230. The van der Waals surface area contributed by atoms with Crippen LogP contribution >= 0.6 is 23.7 Å². The number of urea groups is 1. The van der Waals surface area contributed by atoms with Crippen LogP contribution in [-0.2, 0) is 12.0 Å². The number of rotatable bonds is 5. The highest BCUT2D eigenvalue weighted by atomic mass is 35.5. The largest absolute Gasteiger partial charge is 0.359 e. The van der Waals surface area contributed by atoms with Crippen molar-refractivity contribution in [2.75, 3.05) is 23.7 Å². The highest BCUT2D eigenvalue weighted by molar-refractivity contribution is 7.23. The molecule has 2 N–H and O–H groups in total. The summed E-state index contributed by atoms with van der Waals surface area (Å²) in [5.41, 5.74) is 4.96. The lowest BCUT2D eigenvalue weighted by Gasteiger charge is -2.26. The number of carbonyl (C=O) groups excluding carboxylic acids is 1. The number of nitrogens with zero attached hydrogens (tertiary/aromatic N) is 4. The summed E-state index contributed by atoms with van der Waals surface area (Å²) < 4.78 is 8.76. The van der Waals surface area contributed by atoms with Crippen LogP contribution in [-0.4, -0.2) is 38.6 Å². The molecule has 5 aromatic rings. The van der Waals surface area contributed by atoms with Gasteiger partial charge in [-0.2, -0.15) is 0 Å². The summed E-state index contributed by atoms with van der Waals surface area (Å²) in [7, 11) is 0. The van der Waals surface area contributed by atoms with Gasteiger partial charge in [-0.1, -0.05) is 61.9 Å². The summed E-state index contributed by atoms with van der Waals surface area (Å²) in [6.45, 7) is 9.51. The highest BCUT2D eigenvalue weighted by Gasteiger charge is 2.20. The van der Waals surface area contributed by atoms with E-state index < -0.39 is 0 Å². The van der Waals surface area contributed by atoms with Crippen LogP contribution in [0.4, 0.5) is 16.3 Å². The van der Waals surface area contributed by atoms with E-state index in [1.807, 2.05) is 45.0 Å². The molecule has 0 saturated carbocycles. The summed E-state index contributed by atoms with van der Waals surface area (Å²) >= 11 is 1.72. The van der Waals surface area contributed by atoms with E-state index in [0.717, 1.165) is 22.8 Å². The Hall–Kier alpha value is -3.40. The van der Waals surface area contributed by atoms with Crippen LogP contribution in [0, 0.1) is 0 Å². The van der Waals surface area contributed by atoms with Gasteiger partial charge >= 0.3 is 6.03 Å². The third kappa shape index (κ3) is 5.95. The summed E-state index contributed by atoms with van der Waals surface area (Å²) in [5.74, 6) is 1.09. The molecular weight excluding hydrogens is 532 g/mol. The maximum absolute atomic E-state index is 12.4. The number of anilines is 2. The number of hydrogen-bond acceptors (Lipinski definition) is 6. The molecule has 3 aromatic heterocycles. The van der Waals surface area contributed by atoms with E-state index in [9.17, 15) is 4.79 Å². The molecule has 1 saturated heterocycles. The number of halogens is 1. The minimum absolute atomic E-state index is 0. The Morgan fingerprint density at radius 1 is 1.03 bits per heavy atom. The fourth-order valence-corrected chi connectivity index (χ4v) is 5.92. The first-order valence-corrected chi connectivity index (χ1v) is 13.9. The van der Waals surface area contributed by atoms with Crippen LogP contribution in [0.25, 0.3) is 26.4 Å². The third-order valence-corrected chi connectivity index (χ3v) is 7.96. The molecule has 2 aromatic carbocycles. The second-order valence-electron chi connectivity index (χ2n) is 11.0. The number of carbonyl (C=O) groups is 1. The number of amides is 2. The zero-order valence-corrected chi connectivity index (χ0v) is 24.0. The molecule has 8 nitrogen and oxygen atoms in total. The van der Waals surface area contributed by atoms with Crippen LogP contribution in [0.15, 0.2) is 59.3 Å². The summed E-state index contributed by atoms with van der Waals surface area (Å²) in [4.78, 5) is 20.8. The Balaban J connectivity index is 0.00000308. The first kappa shape index (κ1) is 27.2. The molecular formula is C29H33ClN6O2S. The number of aromatic nitrogens is 3. The average Bonchev–Trinajstić information content (AvgIpc) is 3.60.